The van der Waals surface area contributed by atoms with E-state index in [0.29, 0.717) is 17.6 Å². The van der Waals surface area contributed by atoms with Crippen molar-refractivity contribution in [2.75, 3.05) is 25.6 Å². The molecule has 6 heteroatoms. The maximum absolute atomic E-state index is 13.6. The molecule has 0 radical (unpaired) electrons. The van der Waals surface area contributed by atoms with Gasteiger partial charge in [-0.05, 0) is 41.4 Å². The summed E-state index contributed by atoms with van der Waals surface area (Å²) < 4.78 is 32.0. The average molecular weight is 323 g/mol. The quantitative estimate of drug-likeness (QED) is 0.811. The van der Waals surface area contributed by atoms with Gasteiger partial charge in [0.15, 0.2) is 0 Å². The van der Waals surface area contributed by atoms with Crippen molar-refractivity contribution in [3.05, 3.63) is 28.2 Å². The van der Waals surface area contributed by atoms with Gasteiger partial charge in [0.05, 0.1) is 12.3 Å². The smallest absolute Gasteiger partial charge is 0.150 e. The van der Waals surface area contributed by atoms with Crippen molar-refractivity contribution in [1.82, 2.24) is 0 Å². The number of methoxy groups -OCH3 is 1. The van der Waals surface area contributed by atoms with Crippen LogP contribution in [0.4, 0.5) is 14.5 Å². The maximum Gasteiger partial charge on any atom is 0.150 e. The zero-order valence-electron chi connectivity index (χ0n) is 10.2. The fourth-order valence-corrected chi connectivity index (χ4v) is 2.17. The van der Waals surface area contributed by atoms with Crippen LogP contribution in [-0.2, 0) is 4.74 Å². The third kappa shape index (κ3) is 4.51. The predicted molar refractivity (Wildman–Crippen MR) is 71.6 cm³/mol. The first kappa shape index (κ1) is 15.3. The van der Waals surface area contributed by atoms with Crippen LogP contribution in [0.3, 0.4) is 0 Å². The summed E-state index contributed by atoms with van der Waals surface area (Å²) in [6.45, 7) is 0.998. The van der Waals surface area contributed by atoms with Crippen LogP contribution in [0.5, 0.6) is 0 Å². The molecule has 0 saturated heterocycles. The number of halogens is 3. The highest BCUT2D eigenvalue weighted by molar-refractivity contribution is 9.10. The minimum Gasteiger partial charge on any atom is -0.383 e. The van der Waals surface area contributed by atoms with Gasteiger partial charge >= 0.3 is 0 Å². The van der Waals surface area contributed by atoms with Crippen molar-refractivity contribution < 1.29 is 13.5 Å². The maximum atomic E-state index is 13.6. The Labute approximate surface area is 114 Å². The van der Waals surface area contributed by atoms with Gasteiger partial charge in [-0.15, -0.1) is 0 Å². The zero-order valence-corrected chi connectivity index (χ0v) is 11.8. The largest absolute Gasteiger partial charge is 0.383 e. The van der Waals surface area contributed by atoms with Gasteiger partial charge in [0.25, 0.3) is 0 Å². The summed E-state index contributed by atoms with van der Waals surface area (Å²) in [4.78, 5) is 0. The third-order valence-electron chi connectivity index (χ3n) is 2.48. The van der Waals surface area contributed by atoms with Crippen molar-refractivity contribution in [2.45, 2.75) is 18.9 Å². The Bertz CT molecular complexity index is 367. The molecule has 0 aliphatic carbocycles. The summed E-state index contributed by atoms with van der Waals surface area (Å²) >= 11 is 3.14. The molecule has 0 fully saturated rings. The average Bonchev–Trinajstić information content (AvgIpc) is 2.30. The number of hydrogen-bond acceptors (Lipinski definition) is 3. The second-order valence-corrected chi connectivity index (χ2v) is 4.83. The van der Waals surface area contributed by atoms with E-state index in [1.54, 1.807) is 7.11 Å². The molecule has 102 valence electrons. The number of nitrogens with one attached hydrogen (secondary N) is 1. The molecule has 0 bridgehead atoms. The van der Waals surface area contributed by atoms with Crippen molar-refractivity contribution in [3.63, 3.8) is 0 Å². The van der Waals surface area contributed by atoms with Crippen molar-refractivity contribution in [2.24, 2.45) is 5.73 Å². The summed E-state index contributed by atoms with van der Waals surface area (Å²) in [5.41, 5.74) is 5.69. The Morgan fingerprint density at radius 3 is 2.72 bits per heavy atom. The Morgan fingerprint density at radius 2 is 2.17 bits per heavy atom. The van der Waals surface area contributed by atoms with E-state index >= 15 is 0 Å². The first-order valence-corrected chi connectivity index (χ1v) is 6.47. The zero-order chi connectivity index (χ0) is 13.5. The van der Waals surface area contributed by atoms with Crippen LogP contribution < -0.4 is 11.1 Å². The second kappa shape index (κ2) is 7.66. The molecule has 18 heavy (non-hydrogen) atoms. The highest BCUT2D eigenvalue weighted by atomic mass is 79.9. The van der Waals surface area contributed by atoms with E-state index in [1.165, 1.54) is 6.07 Å². The molecule has 0 amide bonds. The van der Waals surface area contributed by atoms with Gasteiger partial charge in [0.1, 0.15) is 11.6 Å². The molecular weight excluding hydrogens is 306 g/mol. The molecule has 0 spiro atoms. The molecule has 3 nitrogen and oxygen atoms in total. The molecule has 1 unspecified atom stereocenters. The lowest BCUT2D eigenvalue weighted by atomic mass is 10.1. The molecule has 0 heterocycles. The van der Waals surface area contributed by atoms with Gasteiger partial charge in [-0.25, -0.2) is 8.78 Å². The van der Waals surface area contributed by atoms with E-state index in [1.807, 2.05) is 0 Å². The van der Waals surface area contributed by atoms with E-state index < -0.39 is 11.6 Å². The van der Waals surface area contributed by atoms with Crippen LogP contribution in [0.1, 0.15) is 12.8 Å². The van der Waals surface area contributed by atoms with Crippen molar-refractivity contribution in [3.8, 4) is 0 Å². The standard InChI is InChI=1S/C12H17BrF2N2O/c1-18-7-9(3-2-4-16)17-12-10(13)5-8(14)6-11(12)15/h5-6,9,17H,2-4,7,16H2,1H3. The Balaban J connectivity index is 2.79. The minimum atomic E-state index is -0.629. The number of ether oxygens (including phenoxy) is 1. The van der Waals surface area contributed by atoms with Crippen LogP contribution in [0, 0.1) is 11.6 Å². The molecule has 1 aromatic carbocycles. The Kier molecular flexibility index (Phi) is 6.52. The normalized spacial score (nSPS) is 12.5. The van der Waals surface area contributed by atoms with Crippen LogP contribution >= 0.6 is 15.9 Å². The molecule has 3 N–H and O–H groups in total. The summed E-state index contributed by atoms with van der Waals surface area (Å²) in [6, 6.07) is 2.01. The highest BCUT2D eigenvalue weighted by Gasteiger charge is 2.14. The van der Waals surface area contributed by atoms with Gasteiger partial charge in [-0.1, -0.05) is 0 Å². The van der Waals surface area contributed by atoms with E-state index in [2.05, 4.69) is 21.2 Å². The highest BCUT2D eigenvalue weighted by Crippen LogP contribution is 2.28. The fraction of sp³-hybridized carbons (Fsp3) is 0.500. The lowest BCUT2D eigenvalue weighted by molar-refractivity contribution is 0.182. The van der Waals surface area contributed by atoms with E-state index in [9.17, 15) is 8.78 Å². The van der Waals surface area contributed by atoms with E-state index in [-0.39, 0.29) is 11.7 Å². The topological polar surface area (TPSA) is 47.3 Å². The van der Waals surface area contributed by atoms with Gasteiger partial charge in [0.2, 0.25) is 0 Å². The van der Waals surface area contributed by atoms with Crippen LogP contribution in [-0.4, -0.2) is 26.3 Å². The van der Waals surface area contributed by atoms with Crippen molar-refractivity contribution in [1.29, 1.82) is 0 Å². The number of rotatable bonds is 7. The van der Waals surface area contributed by atoms with Gasteiger partial charge < -0.3 is 15.8 Å². The SMILES string of the molecule is COCC(CCCN)Nc1c(F)cc(F)cc1Br. The van der Waals surface area contributed by atoms with Gasteiger partial charge in [-0.2, -0.15) is 0 Å². The summed E-state index contributed by atoms with van der Waals surface area (Å²) in [5, 5.41) is 3.01. The number of hydrogen-bond donors (Lipinski definition) is 2. The van der Waals surface area contributed by atoms with Crippen LogP contribution in [0.25, 0.3) is 0 Å². The molecule has 1 rings (SSSR count). The molecule has 0 aromatic heterocycles. The number of anilines is 1. The molecule has 0 saturated carbocycles. The van der Waals surface area contributed by atoms with E-state index in [4.69, 9.17) is 10.5 Å². The summed E-state index contributed by atoms with van der Waals surface area (Å²) in [7, 11) is 1.58. The van der Waals surface area contributed by atoms with Crippen LogP contribution in [0.15, 0.2) is 16.6 Å². The first-order chi connectivity index (χ1) is 8.58. The third-order valence-corrected chi connectivity index (χ3v) is 3.11. The minimum absolute atomic E-state index is 0.0604. The molecule has 0 aliphatic heterocycles. The molecule has 1 aromatic rings. The number of benzene rings is 1. The molecular formula is C12H17BrF2N2O. The Hall–Kier alpha value is -0.720. The van der Waals surface area contributed by atoms with Crippen LogP contribution in [0.2, 0.25) is 0 Å². The lowest BCUT2D eigenvalue weighted by Gasteiger charge is -2.20. The number of nitrogens with two attached hydrogens (primary N) is 1. The van der Waals surface area contributed by atoms with Gasteiger partial charge in [0, 0.05) is 23.7 Å². The monoisotopic (exact) mass is 322 g/mol. The Morgan fingerprint density at radius 1 is 1.44 bits per heavy atom. The first-order valence-electron chi connectivity index (χ1n) is 5.68. The van der Waals surface area contributed by atoms with Gasteiger partial charge in [-0.3, -0.25) is 0 Å². The summed E-state index contributed by atoms with van der Waals surface area (Å²) in [5.74, 6) is -1.24. The van der Waals surface area contributed by atoms with E-state index in [0.717, 1.165) is 18.9 Å². The lowest BCUT2D eigenvalue weighted by Crippen LogP contribution is -2.26. The fourth-order valence-electron chi connectivity index (χ4n) is 1.65. The molecule has 0 aliphatic rings. The summed E-state index contributed by atoms with van der Waals surface area (Å²) in [6.07, 6.45) is 1.56. The van der Waals surface area contributed by atoms with Crippen molar-refractivity contribution >= 4 is 21.6 Å². The molecule has 1 atom stereocenters. The second-order valence-electron chi connectivity index (χ2n) is 3.97. The predicted octanol–water partition coefficient (Wildman–Crippen LogP) is 2.89.